The third kappa shape index (κ3) is 5.18. The number of aryl methyl sites for hydroxylation is 1. The van der Waals surface area contributed by atoms with E-state index >= 15 is 0 Å². The van der Waals surface area contributed by atoms with Crippen LogP contribution in [0.4, 0.5) is 0 Å². The molecule has 6 heteroatoms. The third-order valence-electron chi connectivity index (χ3n) is 7.25. The fourth-order valence-electron chi connectivity index (χ4n) is 5.58. The summed E-state index contributed by atoms with van der Waals surface area (Å²) in [7, 11) is 0. The van der Waals surface area contributed by atoms with Gasteiger partial charge >= 0.3 is 5.97 Å². The highest BCUT2D eigenvalue weighted by molar-refractivity contribution is 5.79. The molecule has 2 aromatic rings. The first-order valence-corrected chi connectivity index (χ1v) is 11.6. The number of rotatable bonds is 11. The van der Waals surface area contributed by atoms with E-state index in [1.165, 1.54) is 5.56 Å². The van der Waals surface area contributed by atoms with Crippen LogP contribution in [0.15, 0.2) is 61.2 Å². The SMILES string of the molecule is O=C(O)CCCC=CC[C@@H]1[C@H](CC(=O)n2ccnc2)[C@H]2C[C@]1(CCc1ccccc1)CO2. The van der Waals surface area contributed by atoms with Gasteiger partial charge in [-0.15, -0.1) is 0 Å². The van der Waals surface area contributed by atoms with E-state index in [0.29, 0.717) is 18.8 Å². The Morgan fingerprint density at radius 3 is 2.84 bits per heavy atom. The second-order valence-electron chi connectivity index (χ2n) is 9.23. The van der Waals surface area contributed by atoms with E-state index in [2.05, 4.69) is 41.4 Å². The van der Waals surface area contributed by atoms with Crippen molar-refractivity contribution < 1.29 is 19.4 Å². The Morgan fingerprint density at radius 2 is 2.09 bits per heavy atom. The van der Waals surface area contributed by atoms with Gasteiger partial charge in [-0.05, 0) is 55.9 Å². The lowest BCUT2D eigenvalue weighted by molar-refractivity contribution is -0.137. The van der Waals surface area contributed by atoms with E-state index in [1.54, 1.807) is 23.3 Å². The van der Waals surface area contributed by atoms with Gasteiger partial charge in [0.2, 0.25) is 5.91 Å². The number of benzene rings is 1. The molecule has 2 aliphatic rings. The Labute approximate surface area is 189 Å². The maximum absolute atomic E-state index is 12.8. The molecule has 1 aliphatic heterocycles. The quantitative estimate of drug-likeness (QED) is 0.405. The molecule has 0 unspecified atom stereocenters. The normalized spacial score (nSPS) is 26.7. The van der Waals surface area contributed by atoms with Crippen molar-refractivity contribution in [2.45, 2.75) is 57.5 Å². The fraction of sp³-hybridized carbons (Fsp3) is 0.500. The molecule has 2 bridgehead atoms. The van der Waals surface area contributed by atoms with Gasteiger partial charge in [0, 0.05) is 30.7 Å². The van der Waals surface area contributed by atoms with Crippen LogP contribution in [0.3, 0.4) is 0 Å². The lowest BCUT2D eigenvalue weighted by atomic mass is 9.69. The largest absolute Gasteiger partial charge is 0.481 e. The second kappa shape index (κ2) is 10.3. The summed E-state index contributed by atoms with van der Waals surface area (Å²) in [5.41, 5.74) is 1.43. The molecule has 1 saturated heterocycles. The van der Waals surface area contributed by atoms with Gasteiger partial charge < -0.3 is 9.84 Å². The molecule has 1 N–H and O–H groups in total. The summed E-state index contributed by atoms with van der Waals surface area (Å²) in [5, 5.41) is 8.82. The monoisotopic (exact) mass is 436 g/mol. The number of ether oxygens (including phenoxy) is 1. The van der Waals surface area contributed by atoms with Crippen molar-refractivity contribution in [2.24, 2.45) is 17.3 Å². The number of carboxylic acids is 1. The van der Waals surface area contributed by atoms with Gasteiger partial charge in [-0.25, -0.2) is 4.98 Å². The first kappa shape index (κ1) is 22.5. The molecule has 4 atom stereocenters. The van der Waals surface area contributed by atoms with E-state index < -0.39 is 5.97 Å². The molecule has 32 heavy (non-hydrogen) atoms. The van der Waals surface area contributed by atoms with Crippen molar-refractivity contribution in [2.75, 3.05) is 6.61 Å². The number of allylic oxidation sites excluding steroid dienone is 2. The van der Waals surface area contributed by atoms with Crippen LogP contribution in [0.2, 0.25) is 0 Å². The standard InChI is InChI=1S/C26H32N2O4/c29-24(28-15-14-27-19-28)16-21-22(10-6-1-2-7-11-25(30)31)26(17-23(21)32-18-26)13-12-20-8-4-3-5-9-20/h1,3-6,8-9,14-15,19,21-23H,2,7,10-13,16-18H2,(H,30,31)/t21-,22+,23+,26+/m0/s1. The van der Waals surface area contributed by atoms with Crippen LogP contribution in [0.5, 0.6) is 0 Å². The van der Waals surface area contributed by atoms with Crippen LogP contribution < -0.4 is 0 Å². The predicted molar refractivity (Wildman–Crippen MR) is 121 cm³/mol. The summed E-state index contributed by atoms with van der Waals surface area (Å²) in [6, 6.07) is 10.6. The smallest absolute Gasteiger partial charge is 0.303 e. The number of carbonyl (C=O) groups excluding carboxylic acids is 1. The van der Waals surface area contributed by atoms with Crippen molar-refractivity contribution >= 4 is 11.9 Å². The molecular weight excluding hydrogens is 404 g/mol. The van der Waals surface area contributed by atoms with Crippen LogP contribution in [0.25, 0.3) is 0 Å². The maximum Gasteiger partial charge on any atom is 0.303 e. The topological polar surface area (TPSA) is 81.4 Å². The molecule has 0 radical (unpaired) electrons. The van der Waals surface area contributed by atoms with Crippen molar-refractivity contribution in [3.63, 3.8) is 0 Å². The minimum atomic E-state index is -0.749. The Kier molecular flexibility index (Phi) is 7.20. The Hall–Kier alpha value is -2.73. The zero-order valence-corrected chi connectivity index (χ0v) is 18.4. The zero-order chi connectivity index (χ0) is 22.4. The Morgan fingerprint density at radius 1 is 1.25 bits per heavy atom. The van der Waals surface area contributed by atoms with Gasteiger partial charge in [0.25, 0.3) is 0 Å². The molecule has 170 valence electrons. The molecule has 0 spiro atoms. The number of nitrogens with zero attached hydrogens (tertiary/aromatic N) is 2. The van der Waals surface area contributed by atoms with Gasteiger partial charge in [0.1, 0.15) is 6.33 Å². The van der Waals surface area contributed by atoms with Gasteiger partial charge in [-0.1, -0.05) is 42.5 Å². The van der Waals surface area contributed by atoms with Crippen LogP contribution in [-0.2, 0) is 16.0 Å². The average molecular weight is 437 g/mol. The molecule has 2 heterocycles. The molecule has 1 aliphatic carbocycles. The minimum Gasteiger partial charge on any atom is -0.481 e. The van der Waals surface area contributed by atoms with Gasteiger partial charge in [0.15, 0.2) is 0 Å². The molecular formula is C26H32N2O4. The average Bonchev–Trinajstić information content (AvgIpc) is 3.52. The van der Waals surface area contributed by atoms with Crippen LogP contribution in [0, 0.1) is 17.3 Å². The molecule has 1 aromatic carbocycles. The van der Waals surface area contributed by atoms with E-state index in [9.17, 15) is 9.59 Å². The number of unbranched alkanes of at least 4 members (excludes halogenated alkanes) is 1. The summed E-state index contributed by atoms with van der Waals surface area (Å²) in [5.74, 6) is -0.106. The third-order valence-corrected chi connectivity index (χ3v) is 7.25. The first-order chi connectivity index (χ1) is 15.6. The molecule has 2 fully saturated rings. The first-order valence-electron chi connectivity index (χ1n) is 11.6. The Balaban J connectivity index is 1.45. The highest BCUT2D eigenvalue weighted by atomic mass is 16.5. The molecule has 1 aromatic heterocycles. The van der Waals surface area contributed by atoms with Crippen molar-refractivity contribution in [1.29, 1.82) is 0 Å². The fourth-order valence-corrected chi connectivity index (χ4v) is 5.58. The number of hydrogen-bond acceptors (Lipinski definition) is 4. The number of fused-ring (bicyclic) bond motifs is 2. The number of aromatic nitrogens is 2. The maximum atomic E-state index is 12.8. The number of carbonyl (C=O) groups is 2. The number of aliphatic carboxylic acids is 1. The number of carboxylic acid groups (broad SMARTS) is 1. The number of hydrogen-bond donors (Lipinski definition) is 1. The molecule has 1 saturated carbocycles. The summed E-state index contributed by atoms with van der Waals surface area (Å²) < 4.78 is 7.78. The second-order valence-corrected chi connectivity index (χ2v) is 9.23. The Bertz CT molecular complexity index is 925. The van der Waals surface area contributed by atoms with Gasteiger partial charge in [0.05, 0.1) is 12.7 Å². The summed E-state index contributed by atoms with van der Waals surface area (Å²) in [6.07, 6.45) is 15.4. The molecule has 6 nitrogen and oxygen atoms in total. The lowest BCUT2D eigenvalue weighted by Crippen LogP contribution is -2.38. The summed E-state index contributed by atoms with van der Waals surface area (Å²) in [4.78, 5) is 27.6. The van der Waals surface area contributed by atoms with Gasteiger partial charge in [-0.3, -0.25) is 14.2 Å². The molecule has 4 rings (SSSR count). The van der Waals surface area contributed by atoms with E-state index in [4.69, 9.17) is 9.84 Å². The highest BCUT2D eigenvalue weighted by Crippen LogP contribution is 2.58. The molecule has 0 amide bonds. The lowest BCUT2D eigenvalue weighted by Gasteiger charge is -2.39. The van der Waals surface area contributed by atoms with Crippen molar-refractivity contribution in [1.82, 2.24) is 9.55 Å². The van der Waals surface area contributed by atoms with Crippen molar-refractivity contribution in [3.05, 3.63) is 66.8 Å². The van der Waals surface area contributed by atoms with Crippen LogP contribution in [0.1, 0.15) is 55.3 Å². The van der Waals surface area contributed by atoms with Gasteiger partial charge in [-0.2, -0.15) is 0 Å². The minimum absolute atomic E-state index is 0.0669. The van der Waals surface area contributed by atoms with Crippen molar-refractivity contribution in [3.8, 4) is 0 Å². The van der Waals surface area contributed by atoms with E-state index in [0.717, 1.165) is 38.7 Å². The predicted octanol–water partition coefficient (Wildman–Crippen LogP) is 4.77. The van der Waals surface area contributed by atoms with Crippen LogP contribution >= 0.6 is 0 Å². The highest BCUT2D eigenvalue weighted by Gasteiger charge is 2.58. The summed E-state index contributed by atoms with van der Waals surface area (Å²) in [6.45, 7) is 0.762. The van der Waals surface area contributed by atoms with Crippen LogP contribution in [-0.4, -0.2) is 39.2 Å². The summed E-state index contributed by atoms with van der Waals surface area (Å²) >= 11 is 0. The number of imidazole rings is 1. The van der Waals surface area contributed by atoms with E-state index in [-0.39, 0.29) is 29.8 Å². The zero-order valence-electron chi connectivity index (χ0n) is 18.4. The van der Waals surface area contributed by atoms with E-state index in [1.807, 2.05) is 6.07 Å².